The van der Waals surface area contributed by atoms with E-state index in [1.54, 1.807) is 16.7 Å². The Labute approximate surface area is 116 Å². The van der Waals surface area contributed by atoms with Crippen LogP contribution in [0.25, 0.3) is 0 Å². The Morgan fingerprint density at radius 3 is 2.89 bits per heavy atom. The number of hydrogen-bond donors (Lipinski definition) is 0. The molecule has 0 spiro atoms. The van der Waals surface area contributed by atoms with Crippen molar-refractivity contribution < 1.29 is 13.6 Å². The Kier molecular flexibility index (Phi) is 4.45. The van der Waals surface area contributed by atoms with Crippen molar-refractivity contribution in [2.45, 2.75) is 32.2 Å². The van der Waals surface area contributed by atoms with Gasteiger partial charge in [-0.3, -0.25) is 4.79 Å². The second kappa shape index (κ2) is 5.90. The Morgan fingerprint density at radius 2 is 2.21 bits per heavy atom. The number of carbonyl (C=O) groups is 1. The molecule has 5 heteroatoms. The van der Waals surface area contributed by atoms with Gasteiger partial charge in [0.1, 0.15) is 0 Å². The van der Waals surface area contributed by atoms with Crippen LogP contribution in [-0.2, 0) is 11.3 Å². The number of halogens is 2. The normalized spacial score (nSPS) is 20.9. The Morgan fingerprint density at radius 1 is 1.47 bits per heavy atom. The highest BCUT2D eigenvalue weighted by atomic mass is 32.2. The summed E-state index contributed by atoms with van der Waals surface area (Å²) in [6, 6.07) is 4.09. The Bertz CT molecular complexity index is 481. The molecular formula is C14H17F2NOS. The zero-order chi connectivity index (χ0) is 14.0. The number of rotatable bonds is 4. The molecule has 1 aromatic rings. The summed E-state index contributed by atoms with van der Waals surface area (Å²) in [5, 5.41) is 0.0557. The van der Waals surface area contributed by atoms with Crippen molar-refractivity contribution >= 4 is 17.7 Å². The summed E-state index contributed by atoms with van der Waals surface area (Å²) in [7, 11) is 0. The van der Waals surface area contributed by atoms with Gasteiger partial charge >= 0.3 is 0 Å². The molecule has 1 saturated heterocycles. The lowest BCUT2D eigenvalue weighted by molar-refractivity contribution is -0.129. The van der Waals surface area contributed by atoms with Crippen LogP contribution in [-0.4, -0.2) is 21.9 Å². The Hall–Kier alpha value is -1.10. The van der Waals surface area contributed by atoms with Gasteiger partial charge in [0.25, 0.3) is 0 Å². The van der Waals surface area contributed by atoms with Crippen LogP contribution in [0.15, 0.2) is 18.2 Å². The van der Waals surface area contributed by atoms with Crippen molar-refractivity contribution in [2.75, 3.05) is 5.75 Å². The highest BCUT2D eigenvalue weighted by Gasteiger charge is 2.35. The third-order valence-corrected chi connectivity index (χ3v) is 4.98. The van der Waals surface area contributed by atoms with Crippen molar-refractivity contribution in [3.05, 3.63) is 35.4 Å². The van der Waals surface area contributed by atoms with Gasteiger partial charge < -0.3 is 4.90 Å². The first-order valence-corrected chi connectivity index (χ1v) is 7.43. The van der Waals surface area contributed by atoms with Crippen LogP contribution < -0.4 is 0 Å². The smallest absolute Gasteiger partial charge is 0.233 e. The van der Waals surface area contributed by atoms with Crippen molar-refractivity contribution in [3.63, 3.8) is 0 Å². The molecule has 104 valence electrons. The molecule has 0 saturated carbocycles. The van der Waals surface area contributed by atoms with Gasteiger partial charge in [0.2, 0.25) is 5.91 Å². The van der Waals surface area contributed by atoms with Crippen LogP contribution in [0.1, 0.15) is 25.8 Å². The van der Waals surface area contributed by atoms with Gasteiger partial charge in [0.15, 0.2) is 11.6 Å². The van der Waals surface area contributed by atoms with Gasteiger partial charge in [-0.1, -0.05) is 32.4 Å². The molecule has 0 bridgehead atoms. The number of carbonyl (C=O) groups excluding carboxylic acids is 1. The molecule has 0 radical (unpaired) electrons. The first kappa shape index (κ1) is 14.3. The summed E-state index contributed by atoms with van der Waals surface area (Å²) in [5.74, 6) is -0.953. The van der Waals surface area contributed by atoms with E-state index in [1.165, 1.54) is 12.1 Å². The van der Waals surface area contributed by atoms with Gasteiger partial charge in [0.05, 0.1) is 11.1 Å². The van der Waals surface area contributed by atoms with Gasteiger partial charge in [-0.05, 0) is 12.0 Å². The number of nitrogens with zero attached hydrogens (tertiary/aromatic N) is 1. The van der Waals surface area contributed by atoms with Gasteiger partial charge in [-0.25, -0.2) is 8.78 Å². The zero-order valence-electron chi connectivity index (χ0n) is 11.0. The predicted molar refractivity (Wildman–Crippen MR) is 72.6 cm³/mol. The maximum atomic E-state index is 13.7. The number of benzene rings is 1. The summed E-state index contributed by atoms with van der Waals surface area (Å²) in [4.78, 5) is 13.6. The summed E-state index contributed by atoms with van der Waals surface area (Å²) >= 11 is 1.58. The molecule has 1 heterocycles. The van der Waals surface area contributed by atoms with E-state index in [-0.39, 0.29) is 23.4 Å². The summed E-state index contributed by atoms with van der Waals surface area (Å²) < 4.78 is 26.9. The van der Waals surface area contributed by atoms with E-state index >= 15 is 0 Å². The topological polar surface area (TPSA) is 20.3 Å². The molecule has 19 heavy (non-hydrogen) atoms. The zero-order valence-corrected chi connectivity index (χ0v) is 11.8. The van der Waals surface area contributed by atoms with Gasteiger partial charge in [0, 0.05) is 12.1 Å². The molecule has 1 aromatic carbocycles. The predicted octanol–water partition coefficient (Wildman–Crippen LogP) is 3.41. The molecule has 2 nitrogen and oxygen atoms in total. The molecule has 1 aliphatic rings. The van der Waals surface area contributed by atoms with Crippen LogP contribution in [0.5, 0.6) is 0 Å². The summed E-state index contributed by atoms with van der Waals surface area (Å²) in [5.41, 5.74) is 0.240. The standard InChI is InChI=1S/C14H17F2NOS/c1-3-9(2)14-17(12(18)8-19-14)7-10-5-4-6-11(15)13(10)16/h4-6,9,14H,3,7-8H2,1-2H3. The lowest BCUT2D eigenvalue weighted by Crippen LogP contribution is -2.36. The molecule has 1 aliphatic heterocycles. The van der Waals surface area contributed by atoms with Gasteiger partial charge in [-0.15, -0.1) is 11.8 Å². The minimum absolute atomic E-state index is 0.000962. The number of amides is 1. The lowest BCUT2D eigenvalue weighted by atomic mass is 10.1. The van der Waals surface area contributed by atoms with Crippen molar-refractivity contribution in [2.24, 2.45) is 5.92 Å². The van der Waals surface area contributed by atoms with E-state index in [2.05, 4.69) is 13.8 Å². The fourth-order valence-electron chi connectivity index (χ4n) is 2.18. The van der Waals surface area contributed by atoms with E-state index in [9.17, 15) is 13.6 Å². The van der Waals surface area contributed by atoms with E-state index < -0.39 is 11.6 Å². The van der Waals surface area contributed by atoms with Crippen molar-refractivity contribution in [3.8, 4) is 0 Å². The number of thioether (sulfide) groups is 1. The second-order valence-corrected chi connectivity index (χ2v) is 5.93. The summed E-state index contributed by atoms with van der Waals surface area (Å²) in [6.45, 7) is 4.28. The molecule has 2 rings (SSSR count). The summed E-state index contributed by atoms with van der Waals surface area (Å²) in [6.07, 6.45) is 0.951. The van der Waals surface area contributed by atoms with Crippen LogP contribution in [0.4, 0.5) is 8.78 Å². The minimum atomic E-state index is -0.864. The number of hydrogen-bond acceptors (Lipinski definition) is 2. The quantitative estimate of drug-likeness (QED) is 0.845. The highest BCUT2D eigenvalue weighted by molar-refractivity contribution is 8.01. The molecule has 1 amide bonds. The molecule has 2 unspecified atom stereocenters. The maximum Gasteiger partial charge on any atom is 0.233 e. The SMILES string of the molecule is CCC(C)C1SCC(=O)N1Cc1cccc(F)c1F. The highest BCUT2D eigenvalue weighted by Crippen LogP contribution is 2.33. The minimum Gasteiger partial charge on any atom is -0.325 e. The van der Waals surface area contributed by atoms with E-state index in [0.717, 1.165) is 12.5 Å². The first-order chi connectivity index (χ1) is 9.04. The monoisotopic (exact) mass is 285 g/mol. The van der Waals surface area contributed by atoms with Crippen molar-refractivity contribution in [1.29, 1.82) is 0 Å². The van der Waals surface area contributed by atoms with Crippen LogP contribution in [0.2, 0.25) is 0 Å². The third-order valence-electron chi connectivity index (χ3n) is 3.51. The van der Waals surface area contributed by atoms with E-state index in [1.807, 2.05) is 0 Å². The average Bonchev–Trinajstić information content (AvgIpc) is 2.76. The fourth-order valence-corrected chi connectivity index (χ4v) is 3.55. The second-order valence-electron chi connectivity index (χ2n) is 4.82. The Balaban J connectivity index is 2.20. The molecule has 0 N–H and O–H groups in total. The van der Waals surface area contributed by atoms with Crippen LogP contribution in [0.3, 0.4) is 0 Å². The molecular weight excluding hydrogens is 268 g/mol. The first-order valence-electron chi connectivity index (χ1n) is 6.38. The molecule has 2 atom stereocenters. The van der Waals surface area contributed by atoms with Gasteiger partial charge in [-0.2, -0.15) is 0 Å². The van der Waals surface area contributed by atoms with E-state index in [0.29, 0.717) is 11.7 Å². The maximum absolute atomic E-state index is 13.7. The van der Waals surface area contributed by atoms with Crippen LogP contribution in [0, 0.1) is 17.6 Å². The largest absolute Gasteiger partial charge is 0.325 e. The van der Waals surface area contributed by atoms with Crippen molar-refractivity contribution in [1.82, 2.24) is 4.90 Å². The third kappa shape index (κ3) is 2.91. The van der Waals surface area contributed by atoms with E-state index in [4.69, 9.17) is 0 Å². The molecule has 1 fully saturated rings. The molecule has 0 aliphatic carbocycles. The average molecular weight is 285 g/mol. The molecule has 0 aromatic heterocycles. The lowest BCUT2D eigenvalue weighted by Gasteiger charge is -2.28. The fraction of sp³-hybridized carbons (Fsp3) is 0.500. The van der Waals surface area contributed by atoms with Crippen LogP contribution >= 0.6 is 11.8 Å².